The number of ether oxygens (including phenoxy) is 1. The highest BCUT2D eigenvalue weighted by Crippen LogP contribution is 2.19. The van der Waals surface area contributed by atoms with E-state index in [1.54, 1.807) is 30.3 Å². The zero-order chi connectivity index (χ0) is 15.2. The van der Waals surface area contributed by atoms with E-state index >= 15 is 0 Å². The van der Waals surface area contributed by atoms with Crippen LogP contribution in [0.4, 0.5) is 10.1 Å². The fraction of sp³-hybridized carbons (Fsp3) is 0.133. The predicted molar refractivity (Wildman–Crippen MR) is 79.6 cm³/mol. The maximum absolute atomic E-state index is 13.0. The van der Waals surface area contributed by atoms with Crippen LogP contribution in [-0.4, -0.2) is 12.5 Å². The second-order valence-electron chi connectivity index (χ2n) is 4.35. The van der Waals surface area contributed by atoms with Crippen molar-refractivity contribution < 1.29 is 13.9 Å². The Labute approximate surface area is 126 Å². The van der Waals surface area contributed by atoms with Gasteiger partial charge in [0.25, 0.3) is 5.91 Å². The van der Waals surface area contributed by atoms with Crippen molar-refractivity contribution in [2.75, 3.05) is 12.3 Å². The number of nitrogens with two attached hydrogens (primary N) is 1. The summed E-state index contributed by atoms with van der Waals surface area (Å²) in [7, 11) is 0. The molecule has 0 saturated heterocycles. The van der Waals surface area contributed by atoms with Crippen LogP contribution in [0.5, 0.6) is 5.75 Å². The highest BCUT2D eigenvalue weighted by atomic mass is 35.5. The first-order valence-corrected chi connectivity index (χ1v) is 6.62. The number of hydrogen-bond donors (Lipinski definition) is 2. The van der Waals surface area contributed by atoms with Crippen LogP contribution in [-0.2, 0) is 11.3 Å². The Kier molecular flexibility index (Phi) is 5.00. The second-order valence-corrected chi connectivity index (χ2v) is 4.76. The summed E-state index contributed by atoms with van der Waals surface area (Å²) in [4.78, 5) is 11.7. The largest absolute Gasteiger partial charge is 0.482 e. The molecule has 1 amide bonds. The molecule has 2 aromatic rings. The molecule has 0 spiro atoms. The van der Waals surface area contributed by atoms with Crippen LogP contribution in [0.2, 0.25) is 5.02 Å². The van der Waals surface area contributed by atoms with E-state index in [1.807, 2.05) is 0 Å². The molecule has 0 aliphatic heterocycles. The molecule has 21 heavy (non-hydrogen) atoms. The van der Waals surface area contributed by atoms with Crippen molar-refractivity contribution in [1.29, 1.82) is 0 Å². The smallest absolute Gasteiger partial charge is 0.258 e. The van der Waals surface area contributed by atoms with Gasteiger partial charge in [0.1, 0.15) is 11.6 Å². The first-order chi connectivity index (χ1) is 10.1. The summed E-state index contributed by atoms with van der Waals surface area (Å²) in [6.07, 6.45) is 0. The lowest BCUT2D eigenvalue weighted by molar-refractivity contribution is -0.123. The lowest BCUT2D eigenvalue weighted by Crippen LogP contribution is -2.28. The maximum Gasteiger partial charge on any atom is 0.258 e. The van der Waals surface area contributed by atoms with Gasteiger partial charge in [-0.2, -0.15) is 0 Å². The minimum absolute atomic E-state index is 0.0232. The molecule has 0 aliphatic carbocycles. The van der Waals surface area contributed by atoms with E-state index in [4.69, 9.17) is 22.1 Å². The molecule has 3 N–H and O–H groups in total. The van der Waals surface area contributed by atoms with Crippen LogP contribution in [0.15, 0.2) is 42.5 Å². The quantitative estimate of drug-likeness (QED) is 0.835. The molecule has 4 nitrogen and oxygen atoms in total. The van der Waals surface area contributed by atoms with E-state index in [0.29, 0.717) is 17.0 Å². The summed E-state index contributed by atoms with van der Waals surface area (Å²) in [5.74, 6) is -0.342. The Bertz CT molecular complexity index is 649. The molecule has 0 aromatic heterocycles. The van der Waals surface area contributed by atoms with E-state index in [-0.39, 0.29) is 24.1 Å². The Balaban J connectivity index is 1.82. The third kappa shape index (κ3) is 4.36. The molecule has 0 unspecified atom stereocenters. The van der Waals surface area contributed by atoms with Crippen molar-refractivity contribution in [2.24, 2.45) is 0 Å². The number of hydrogen-bond acceptors (Lipinski definition) is 3. The van der Waals surface area contributed by atoms with Gasteiger partial charge in [-0.3, -0.25) is 4.79 Å². The van der Waals surface area contributed by atoms with Gasteiger partial charge in [-0.15, -0.1) is 0 Å². The number of nitrogen functional groups attached to an aromatic ring is 1. The summed E-state index contributed by atoms with van der Waals surface area (Å²) < 4.78 is 18.3. The molecule has 6 heteroatoms. The summed E-state index contributed by atoms with van der Waals surface area (Å²) in [5, 5.41) is 2.67. The fourth-order valence-corrected chi connectivity index (χ4v) is 1.86. The molecule has 0 bridgehead atoms. The van der Waals surface area contributed by atoms with Crippen molar-refractivity contribution in [3.63, 3.8) is 0 Å². The number of rotatable bonds is 5. The van der Waals surface area contributed by atoms with Crippen molar-refractivity contribution in [1.82, 2.24) is 5.32 Å². The number of anilines is 1. The molecule has 0 radical (unpaired) electrons. The van der Waals surface area contributed by atoms with Gasteiger partial charge in [0.05, 0.1) is 10.7 Å². The first-order valence-electron chi connectivity index (χ1n) is 6.24. The van der Waals surface area contributed by atoms with E-state index in [2.05, 4.69) is 5.32 Å². The average molecular weight is 309 g/mol. The average Bonchev–Trinajstić information content (AvgIpc) is 2.47. The van der Waals surface area contributed by atoms with Gasteiger partial charge < -0.3 is 15.8 Å². The van der Waals surface area contributed by atoms with Crippen LogP contribution in [0.1, 0.15) is 5.56 Å². The summed E-state index contributed by atoms with van der Waals surface area (Å²) in [5.41, 5.74) is 6.87. The SMILES string of the molecule is Nc1ccccc1OCC(=O)NCc1ccc(F)c(Cl)c1. The second kappa shape index (κ2) is 6.95. The summed E-state index contributed by atoms with van der Waals surface area (Å²) in [6.45, 7) is 0.0929. The minimum Gasteiger partial charge on any atom is -0.482 e. The Morgan fingerprint density at radius 3 is 2.76 bits per heavy atom. The maximum atomic E-state index is 13.0. The number of amides is 1. The summed E-state index contributed by atoms with van der Waals surface area (Å²) >= 11 is 5.66. The molecule has 0 atom stereocenters. The molecular formula is C15H14ClFN2O2. The molecule has 0 saturated carbocycles. The number of para-hydroxylation sites is 2. The first kappa shape index (κ1) is 15.1. The molecule has 0 heterocycles. The van der Waals surface area contributed by atoms with Crippen molar-refractivity contribution in [3.05, 3.63) is 58.9 Å². The van der Waals surface area contributed by atoms with Gasteiger partial charge in [0.2, 0.25) is 0 Å². The van der Waals surface area contributed by atoms with Crippen LogP contribution in [0.3, 0.4) is 0 Å². The van der Waals surface area contributed by atoms with Gasteiger partial charge in [-0.1, -0.05) is 29.8 Å². The highest BCUT2D eigenvalue weighted by Gasteiger charge is 2.06. The van der Waals surface area contributed by atoms with Gasteiger partial charge in [0, 0.05) is 6.54 Å². The van der Waals surface area contributed by atoms with Crippen LogP contribution in [0, 0.1) is 5.82 Å². The Morgan fingerprint density at radius 2 is 2.05 bits per heavy atom. The monoisotopic (exact) mass is 308 g/mol. The normalized spacial score (nSPS) is 10.2. The van der Waals surface area contributed by atoms with Crippen LogP contribution >= 0.6 is 11.6 Å². The van der Waals surface area contributed by atoms with Crippen molar-refractivity contribution in [2.45, 2.75) is 6.54 Å². The third-order valence-corrected chi connectivity index (χ3v) is 3.04. The van der Waals surface area contributed by atoms with E-state index < -0.39 is 5.82 Å². The van der Waals surface area contributed by atoms with Crippen molar-refractivity contribution in [3.8, 4) is 5.75 Å². The van der Waals surface area contributed by atoms with E-state index in [1.165, 1.54) is 12.1 Å². The standard InChI is InChI=1S/C15H14ClFN2O2/c16-11-7-10(5-6-12(11)17)8-19-15(20)9-21-14-4-2-1-3-13(14)18/h1-7H,8-9,18H2,(H,19,20). The molecular weight excluding hydrogens is 295 g/mol. The molecule has 110 valence electrons. The molecule has 2 aromatic carbocycles. The van der Waals surface area contributed by atoms with Gasteiger partial charge in [-0.25, -0.2) is 4.39 Å². The van der Waals surface area contributed by atoms with E-state index in [0.717, 1.165) is 0 Å². The van der Waals surface area contributed by atoms with Gasteiger partial charge >= 0.3 is 0 Å². The number of carbonyl (C=O) groups excluding carboxylic acids is 1. The molecule has 2 rings (SSSR count). The number of halogens is 2. The topological polar surface area (TPSA) is 64.3 Å². The zero-order valence-corrected chi connectivity index (χ0v) is 11.9. The minimum atomic E-state index is -0.491. The van der Waals surface area contributed by atoms with Crippen molar-refractivity contribution >= 4 is 23.2 Å². The fourth-order valence-electron chi connectivity index (χ4n) is 1.66. The molecule has 0 fully saturated rings. The molecule has 0 aliphatic rings. The summed E-state index contributed by atoms with van der Waals surface area (Å²) in [6, 6.07) is 11.2. The predicted octanol–water partition coefficient (Wildman–Crippen LogP) is 2.76. The van der Waals surface area contributed by atoms with E-state index in [9.17, 15) is 9.18 Å². The third-order valence-electron chi connectivity index (χ3n) is 2.75. The number of carbonyl (C=O) groups is 1. The van der Waals surface area contributed by atoms with Gasteiger partial charge in [0.15, 0.2) is 6.61 Å². The Morgan fingerprint density at radius 1 is 1.29 bits per heavy atom. The zero-order valence-electron chi connectivity index (χ0n) is 11.1. The lowest BCUT2D eigenvalue weighted by atomic mass is 10.2. The highest BCUT2D eigenvalue weighted by molar-refractivity contribution is 6.30. The van der Waals surface area contributed by atoms with Crippen LogP contribution in [0.25, 0.3) is 0 Å². The van der Waals surface area contributed by atoms with Crippen LogP contribution < -0.4 is 15.8 Å². The number of benzene rings is 2. The number of nitrogens with one attached hydrogen (secondary N) is 1. The van der Waals surface area contributed by atoms with Gasteiger partial charge in [-0.05, 0) is 29.8 Å². The lowest BCUT2D eigenvalue weighted by Gasteiger charge is -2.09. The Hall–Kier alpha value is -2.27.